The molecule has 0 spiro atoms. The Balaban J connectivity index is 2.83. The SMILES string of the molecule is CC(C)(O)Cn1ncc(Br)c1Cl. The summed E-state index contributed by atoms with van der Waals surface area (Å²) in [5.41, 5.74) is -0.797. The molecule has 0 aliphatic rings. The van der Waals surface area contributed by atoms with Crippen LogP contribution in [-0.2, 0) is 6.54 Å². The summed E-state index contributed by atoms with van der Waals surface area (Å²) in [6, 6.07) is 0. The van der Waals surface area contributed by atoms with E-state index in [1.54, 1.807) is 24.7 Å². The molecule has 1 rings (SSSR count). The molecule has 0 bridgehead atoms. The summed E-state index contributed by atoms with van der Waals surface area (Å²) >= 11 is 9.08. The molecule has 0 amide bonds. The van der Waals surface area contributed by atoms with Gasteiger partial charge < -0.3 is 5.11 Å². The third-order valence-electron chi connectivity index (χ3n) is 1.27. The van der Waals surface area contributed by atoms with Crippen molar-refractivity contribution in [1.29, 1.82) is 0 Å². The summed E-state index contributed by atoms with van der Waals surface area (Å²) in [7, 11) is 0. The summed E-state index contributed by atoms with van der Waals surface area (Å²) in [5.74, 6) is 0. The molecule has 1 heterocycles. The zero-order valence-corrected chi connectivity index (χ0v) is 9.22. The summed E-state index contributed by atoms with van der Waals surface area (Å²) < 4.78 is 2.29. The molecule has 1 N–H and O–H groups in total. The highest BCUT2D eigenvalue weighted by molar-refractivity contribution is 9.10. The van der Waals surface area contributed by atoms with Crippen molar-refractivity contribution in [2.45, 2.75) is 26.0 Å². The van der Waals surface area contributed by atoms with E-state index >= 15 is 0 Å². The van der Waals surface area contributed by atoms with Crippen LogP contribution in [0.4, 0.5) is 0 Å². The zero-order valence-electron chi connectivity index (χ0n) is 6.88. The molecule has 5 heteroatoms. The van der Waals surface area contributed by atoms with E-state index in [0.29, 0.717) is 11.7 Å². The van der Waals surface area contributed by atoms with Gasteiger partial charge in [0, 0.05) is 0 Å². The van der Waals surface area contributed by atoms with Crippen molar-refractivity contribution in [2.75, 3.05) is 0 Å². The third-order valence-corrected chi connectivity index (χ3v) is 2.48. The number of rotatable bonds is 2. The monoisotopic (exact) mass is 252 g/mol. The second-order valence-corrected chi connectivity index (χ2v) is 4.47. The van der Waals surface area contributed by atoms with E-state index in [1.807, 2.05) is 0 Å². The highest BCUT2D eigenvalue weighted by Crippen LogP contribution is 2.22. The highest BCUT2D eigenvalue weighted by Gasteiger charge is 2.16. The number of nitrogens with zero attached hydrogens (tertiary/aromatic N) is 2. The fourth-order valence-corrected chi connectivity index (χ4v) is 1.27. The van der Waals surface area contributed by atoms with Crippen molar-refractivity contribution in [2.24, 2.45) is 0 Å². The van der Waals surface area contributed by atoms with Gasteiger partial charge in [-0.05, 0) is 29.8 Å². The maximum Gasteiger partial charge on any atom is 0.141 e. The van der Waals surface area contributed by atoms with E-state index in [-0.39, 0.29) is 0 Å². The number of hydrogen-bond donors (Lipinski definition) is 1. The van der Waals surface area contributed by atoms with E-state index in [0.717, 1.165) is 4.47 Å². The van der Waals surface area contributed by atoms with Gasteiger partial charge >= 0.3 is 0 Å². The summed E-state index contributed by atoms with van der Waals surface area (Å²) in [6.07, 6.45) is 1.61. The fourth-order valence-electron chi connectivity index (χ4n) is 0.824. The van der Waals surface area contributed by atoms with E-state index in [1.165, 1.54) is 0 Å². The van der Waals surface area contributed by atoms with Gasteiger partial charge in [0.05, 0.1) is 22.8 Å². The van der Waals surface area contributed by atoms with Crippen LogP contribution in [0, 0.1) is 0 Å². The van der Waals surface area contributed by atoms with E-state index < -0.39 is 5.60 Å². The molecule has 68 valence electrons. The van der Waals surface area contributed by atoms with Gasteiger partial charge in [-0.2, -0.15) is 5.10 Å². The second kappa shape index (κ2) is 3.36. The van der Waals surface area contributed by atoms with E-state index in [4.69, 9.17) is 11.6 Å². The molecule has 1 aromatic rings. The average Bonchev–Trinajstić information content (AvgIpc) is 2.16. The molecular weight excluding hydrogens is 243 g/mol. The van der Waals surface area contributed by atoms with Gasteiger partial charge in [-0.25, -0.2) is 4.68 Å². The Morgan fingerprint density at radius 3 is 2.67 bits per heavy atom. The van der Waals surface area contributed by atoms with Crippen LogP contribution in [0.5, 0.6) is 0 Å². The van der Waals surface area contributed by atoms with Crippen LogP contribution in [0.1, 0.15) is 13.8 Å². The largest absolute Gasteiger partial charge is 0.389 e. The molecule has 0 aromatic carbocycles. The quantitative estimate of drug-likeness (QED) is 0.876. The Hall–Kier alpha value is -0.0600. The number of halogens is 2. The van der Waals surface area contributed by atoms with Crippen molar-refractivity contribution < 1.29 is 5.11 Å². The van der Waals surface area contributed by atoms with Crippen LogP contribution in [0.2, 0.25) is 5.15 Å². The summed E-state index contributed by atoms with van der Waals surface area (Å²) in [6.45, 7) is 3.80. The molecule has 0 aliphatic heterocycles. The highest BCUT2D eigenvalue weighted by atomic mass is 79.9. The standard InChI is InChI=1S/C7H10BrClN2O/c1-7(2,12)4-11-6(9)5(8)3-10-11/h3,12H,4H2,1-2H3. The average molecular weight is 254 g/mol. The smallest absolute Gasteiger partial charge is 0.141 e. The number of hydrogen-bond acceptors (Lipinski definition) is 2. The predicted molar refractivity (Wildman–Crippen MR) is 51.2 cm³/mol. The van der Waals surface area contributed by atoms with E-state index in [2.05, 4.69) is 21.0 Å². The lowest BCUT2D eigenvalue weighted by atomic mass is 10.1. The summed E-state index contributed by atoms with van der Waals surface area (Å²) in [4.78, 5) is 0. The minimum absolute atomic E-state index is 0.386. The van der Waals surface area contributed by atoms with Gasteiger partial charge in [0.1, 0.15) is 5.15 Å². The van der Waals surface area contributed by atoms with Crippen molar-refractivity contribution in [3.05, 3.63) is 15.8 Å². The van der Waals surface area contributed by atoms with Crippen molar-refractivity contribution in [3.8, 4) is 0 Å². The molecule has 0 saturated carbocycles. The first-order chi connectivity index (χ1) is 5.40. The Labute approximate surface area is 84.5 Å². The van der Waals surface area contributed by atoms with Crippen molar-refractivity contribution >= 4 is 27.5 Å². The van der Waals surface area contributed by atoms with Gasteiger partial charge in [-0.15, -0.1) is 0 Å². The van der Waals surface area contributed by atoms with Gasteiger partial charge in [0.15, 0.2) is 0 Å². The molecule has 0 radical (unpaired) electrons. The van der Waals surface area contributed by atoms with Gasteiger partial charge in [-0.1, -0.05) is 11.6 Å². The van der Waals surface area contributed by atoms with Gasteiger partial charge in [0.2, 0.25) is 0 Å². The van der Waals surface area contributed by atoms with Crippen LogP contribution < -0.4 is 0 Å². The first-order valence-corrected chi connectivity index (χ1v) is 4.66. The fraction of sp³-hybridized carbons (Fsp3) is 0.571. The van der Waals surface area contributed by atoms with Crippen LogP contribution in [0.3, 0.4) is 0 Å². The predicted octanol–water partition coefficient (Wildman–Crippen LogP) is 2.07. The topological polar surface area (TPSA) is 38.0 Å². The minimum atomic E-state index is -0.797. The Kier molecular flexibility index (Phi) is 2.81. The molecule has 3 nitrogen and oxygen atoms in total. The minimum Gasteiger partial charge on any atom is -0.389 e. The normalized spacial score (nSPS) is 12.1. The second-order valence-electron chi connectivity index (χ2n) is 3.25. The maximum absolute atomic E-state index is 9.47. The van der Waals surface area contributed by atoms with Crippen LogP contribution >= 0.6 is 27.5 Å². The Morgan fingerprint density at radius 2 is 2.33 bits per heavy atom. The number of aliphatic hydroxyl groups is 1. The van der Waals surface area contributed by atoms with Crippen LogP contribution in [0.25, 0.3) is 0 Å². The first-order valence-electron chi connectivity index (χ1n) is 3.49. The lowest BCUT2D eigenvalue weighted by molar-refractivity contribution is 0.0578. The Morgan fingerprint density at radius 1 is 1.75 bits per heavy atom. The van der Waals surface area contributed by atoms with Crippen molar-refractivity contribution in [3.63, 3.8) is 0 Å². The Bertz CT molecular complexity index is 279. The first kappa shape index (κ1) is 10.0. The molecule has 0 atom stereocenters. The molecule has 1 aromatic heterocycles. The molecule has 0 aliphatic carbocycles. The number of aromatic nitrogens is 2. The lowest BCUT2D eigenvalue weighted by Crippen LogP contribution is -2.26. The van der Waals surface area contributed by atoms with E-state index in [9.17, 15) is 5.11 Å². The van der Waals surface area contributed by atoms with Gasteiger partial charge in [0.25, 0.3) is 0 Å². The zero-order chi connectivity index (χ0) is 9.35. The van der Waals surface area contributed by atoms with Crippen molar-refractivity contribution in [1.82, 2.24) is 9.78 Å². The molecule has 0 unspecified atom stereocenters. The third kappa shape index (κ3) is 2.47. The molecule has 12 heavy (non-hydrogen) atoms. The maximum atomic E-state index is 9.47. The molecule has 0 fully saturated rings. The van der Waals surface area contributed by atoms with Gasteiger partial charge in [-0.3, -0.25) is 0 Å². The molecular formula is C7H10BrClN2O. The van der Waals surface area contributed by atoms with Crippen LogP contribution in [-0.4, -0.2) is 20.5 Å². The summed E-state index contributed by atoms with van der Waals surface area (Å²) in [5, 5.41) is 14.0. The van der Waals surface area contributed by atoms with Crippen LogP contribution in [0.15, 0.2) is 10.7 Å². The lowest BCUT2D eigenvalue weighted by Gasteiger charge is -2.17. The molecule has 0 saturated heterocycles.